The minimum Gasteiger partial charge on any atom is -0.493 e. The molecule has 0 amide bonds. The highest BCUT2D eigenvalue weighted by molar-refractivity contribution is 6.31. The second-order valence-electron chi connectivity index (χ2n) is 4.28. The molecule has 0 aromatic heterocycles. The molecular formula is C16H15ClO4. The molecule has 1 N–H and O–H groups in total. The number of rotatable bonds is 6. The maximum atomic E-state index is 11.2. The maximum Gasteiger partial charge on any atom is 0.339 e. The molecule has 0 spiro atoms. The van der Waals surface area contributed by atoms with Crippen LogP contribution in [0.15, 0.2) is 42.5 Å². The zero-order chi connectivity index (χ0) is 15.2. The lowest BCUT2D eigenvalue weighted by atomic mass is 10.2. The molecule has 0 bridgehead atoms. The normalized spacial score (nSPS) is 10.2. The largest absolute Gasteiger partial charge is 0.493 e. The first-order valence-corrected chi connectivity index (χ1v) is 6.86. The number of carboxylic acid groups (broad SMARTS) is 1. The first-order chi connectivity index (χ1) is 10.1. The number of ether oxygens (including phenoxy) is 2. The van der Waals surface area contributed by atoms with Crippen molar-refractivity contribution in [3.05, 3.63) is 58.6 Å². The molecule has 21 heavy (non-hydrogen) atoms. The summed E-state index contributed by atoms with van der Waals surface area (Å²) in [5, 5.41) is 9.52. The second-order valence-corrected chi connectivity index (χ2v) is 4.71. The molecule has 5 heteroatoms. The Morgan fingerprint density at radius 2 is 1.90 bits per heavy atom. The maximum absolute atomic E-state index is 11.2. The van der Waals surface area contributed by atoms with Gasteiger partial charge in [0.25, 0.3) is 0 Å². The highest BCUT2D eigenvalue weighted by Crippen LogP contribution is 2.25. The van der Waals surface area contributed by atoms with Crippen molar-refractivity contribution in [2.24, 2.45) is 0 Å². The number of halogens is 1. The fourth-order valence-corrected chi connectivity index (χ4v) is 2.04. The van der Waals surface area contributed by atoms with Crippen LogP contribution in [-0.4, -0.2) is 17.7 Å². The van der Waals surface area contributed by atoms with E-state index in [2.05, 4.69) is 0 Å². The summed E-state index contributed by atoms with van der Waals surface area (Å²) >= 11 is 5.81. The Balaban J connectivity index is 2.19. The van der Waals surface area contributed by atoms with Gasteiger partial charge < -0.3 is 14.6 Å². The van der Waals surface area contributed by atoms with Crippen molar-refractivity contribution >= 4 is 17.6 Å². The lowest BCUT2D eigenvalue weighted by Gasteiger charge is -2.12. The Labute approximate surface area is 127 Å². The molecule has 2 rings (SSSR count). The van der Waals surface area contributed by atoms with Gasteiger partial charge in [-0.15, -0.1) is 0 Å². The summed E-state index contributed by atoms with van der Waals surface area (Å²) in [4.78, 5) is 11.2. The van der Waals surface area contributed by atoms with Crippen LogP contribution in [0.4, 0.5) is 0 Å². The lowest BCUT2D eigenvalue weighted by molar-refractivity contribution is 0.0691. The van der Waals surface area contributed by atoms with E-state index in [1.807, 2.05) is 31.2 Å². The van der Waals surface area contributed by atoms with Gasteiger partial charge in [-0.3, -0.25) is 0 Å². The number of benzene rings is 2. The van der Waals surface area contributed by atoms with Gasteiger partial charge in [0.05, 0.1) is 6.61 Å². The van der Waals surface area contributed by atoms with Gasteiger partial charge in [-0.05, 0) is 31.2 Å². The molecule has 0 saturated heterocycles. The molecule has 2 aromatic rings. The predicted octanol–water partition coefficient (Wildman–Crippen LogP) is 4.02. The van der Waals surface area contributed by atoms with Crippen LogP contribution in [0.1, 0.15) is 22.8 Å². The van der Waals surface area contributed by atoms with Crippen molar-refractivity contribution in [2.45, 2.75) is 13.5 Å². The van der Waals surface area contributed by atoms with Crippen molar-refractivity contribution in [1.82, 2.24) is 0 Å². The van der Waals surface area contributed by atoms with E-state index < -0.39 is 5.97 Å². The third kappa shape index (κ3) is 3.89. The molecule has 0 aliphatic carbocycles. The van der Waals surface area contributed by atoms with Gasteiger partial charge in [0.1, 0.15) is 23.7 Å². The third-order valence-electron chi connectivity index (χ3n) is 2.83. The monoisotopic (exact) mass is 306 g/mol. The molecule has 0 aliphatic heterocycles. The molecule has 0 unspecified atom stereocenters. The zero-order valence-electron chi connectivity index (χ0n) is 11.5. The first-order valence-electron chi connectivity index (χ1n) is 6.48. The number of carboxylic acids is 1. The van der Waals surface area contributed by atoms with Crippen molar-refractivity contribution in [3.8, 4) is 11.5 Å². The standard InChI is InChI=1S/C16H15ClO4/c1-2-20-14-6-4-3-5-11(14)10-21-15-8-7-12(17)9-13(15)16(18)19/h3-9H,2,10H2,1H3,(H,18,19). The van der Waals surface area contributed by atoms with Crippen molar-refractivity contribution in [2.75, 3.05) is 6.61 Å². The molecule has 4 nitrogen and oxygen atoms in total. The first kappa shape index (κ1) is 15.2. The SMILES string of the molecule is CCOc1ccccc1COc1ccc(Cl)cc1C(=O)O. The fraction of sp³-hybridized carbons (Fsp3) is 0.188. The molecule has 0 atom stereocenters. The quantitative estimate of drug-likeness (QED) is 0.876. The Kier molecular flexibility index (Phi) is 5.06. The lowest BCUT2D eigenvalue weighted by Crippen LogP contribution is -2.05. The molecular weight excluding hydrogens is 292 g/mol. The van der Waals surface area contributed by atoms with Crippen LogP contribution in [0.25, 0.3) is 0 Å². The van der Waals surface area contributed by atoms with Crippen LogP contribution in [0, 0.1) is 0 Å². The van der Waals surface area contributed by atoms with E-state index in [0.29, 0.717) is 11.6 Å². The summed E-state index contributed by atoms with van der Waals surface area (Å²) in [5.74, 6) is -0.0744. The van der Waals surface area contributed by atoms with Gasteiger partial charge in [0, 0.05) is 10.6 Å². The Bertz CT molecular complexity index is 640. The molecule has 110 valence electrons. The minimum absolute atomic E-state index is 0.0383. The van der Waals surface area contributed by atoms with E-state index in [0.717, 1.165) is 11.3 Å². The van der Waals surface area contributed by atoms with E-state index in [9.17, 15) is 4.79 Å². The smallest absolute Gasteiger partial charge is 0.339 e. The van der Waals surface area contributed by atoms with Crippen molar-refractivity contribution in [1.29, 1.82) is 0 Å². The van der Waals surface area contributed by atoms with Crippen LogP contribution in [0.5, 0.6) is 11.5 Å². The van der Waals surface area contributed by atoms with E-state index in [1.54, 1.807) is 12.1 Å². The van der Waals surface area contributed by atoms with Gasteiger partial charge in [0.15, 0.2) is 0 Å². The van der Waals surface area contributed by atoms with E-state index in [-0.39, 0.29) is 17.9 Å². The summed E-state index contributed by atoms with van der Waals surface area (Å²) in [6, 6.07) is 12.0. The van der Waals surface area contributed by atoms with Gasteiger partial charge in [-0.2, -0.15) is 0 Å². The predicted molar refractivity (Wildman–Crippen MR) is 80.4 cm³/mol. The molecule has 0 radical (unpaired) electrons. The highest BCUT2D eigenvalue weighted by Gasteiger charge is 2.13. The van der Waals surface area contributed by atoms with Gasteiger partial charge in [-0.1, -0.05) is 29.8 Å². The van der Waals surface area contributed by atoms with Crippen LogP contribution in [0.3, 0.4) is 0 Å². The summed E-state index contributed by atoms with van der Waals surface area (Å²) in [6.45, 7) is 2.68. The molecule has 2 aromatic carbocycles. The summed E-state index contributed by atoms with van der Waals surface area (Å²) in [7, 11) is 0. The number of hydrogen-bond donors (Lipinski definition) is 1. The zero-order valence-corrected chi connectivity index (χ0v) is 12.3. The average Bonchev–Trinajstić information content (AvgIpc) is 2.47. The summed E-state index contributed by atoms with van der Waals surface area (Å²) in [6.07, 6.45) is 0. The Hall–Kier alpha value is -2.20. The van der Waals surface area contributed by atoms with E-state index in [1.165, 1.54) is 6.07 Å². The topological polar surface area (TPSA) is 55.8 Å². The molecule has 0 heterocycles. The summed E-state index contributed by atoms with van der Waals surface area (Å²) < 4.78 is 11.1. The molecule has 0 saturated carbocycles. The van der Waals surface area contributed by atoms with Crippen LogP contribution >= 0.6 is 11.6 Å². The minimum atomic E-state index is -1.08. The van der Waals surface area contributed by atoms with Gasteiger partial charge >= 0.3 is 5.97 Å². The Morgan fingerprint density at radius 1 is 1.14 bits per heavy atom. The second kappa shape index (κ2) is 6.99. The number of para-hydroxylation sites is 1. The van der Waals surface area contributed by atoms with E-state index in [4.69, 9.17) is 26.2 Å². The number of carbonyl (C=O) groups is 1. The van der Waals surface area contributed by atoms with E-state index >= 15 is 0 Å². The molecule has 0 fully saturated rings. The number of hydrogen-bond acceptors (Lipinski definition) is 3. The van der Waals surface area contributed by atoms with Crippen LogP contribution < -0.4 is 9.47 Å². The van der Waals surface area contributed by atoms with Gasteiger partial charge in [0.2, 0.25) is 0 Å². The highest BCUT2D eigenvalue weighted by atomic mass is 35.5. The summed E-state index contributed by atoms with van der Waals surface area (Å²) in [5.41, 5.74) is 0.891. The van der Waals surface area contributed by atoms with Crippen LogP contribution in [0.2, 0.25) is 5.02 Å². The average molecular weight is 307 g/mol. The number of aromatic carboxylic acids is 1. The van der Waals surface area contributed by atoms with Crippen LogP contribution in [-0.2, 0) is 6.61 Å². The van der Waals surface area contributed by atoms with Crippen molar-refractivity contribution in [3.63, 3.8) is 0 Å². The molecule has 0 aliphatic rings. The van der Waals surface area contributed by atoms with Crippen molar-refractivity contribution < 1.29 is 19.4 Å². The third-order valence-corrected chi connectivity index (χ3v) is 3.06. The van der Waals surface area contributed by atoms with Gasteiger partial charge in [-0.25, -0.2) is 4.79 Å². The Morgan fingerprint density at radius 3 is 2.62 bits per heavy atom. The fourth-order valence-electron chi connectivity index (χ4n) is 1.87.